The van der Waals surface area contributed by atoms with Gasteiger partial charge in [0.1, 0.15) is 12.7 Å². The summed E-state index contributed by atoms with van der Waals surface area (Å²) in [6, 6.07) is 0. The molecule has 0 heterocycles. The number of phosphoric ester groups is 1. The van der Waals surface area contributed by atoms with Crippen LogP contribution in [0, 0.1) is 0 Å². The maximum atomic E-state index is 13.0. The van der Waals surface area contributed by atoms with Crippen molar-refractivity contribution in [2.24, 2.45) is 0 Å². The molecule has 0 radical (unpaired) electrons. The zero-order chi connectivity index (χ0) is 56.9. The normalized spacial score (nSPS) is 13.2. The molecule has 11 nitrogen and oxygen atoms in total. The fourth-order valence-electron chi connectivity index (χ4n) is 10.1. The third kappa shape index (κ3) is 58.9. The molecular weight excluding hydrogens is 1000 g/mol. The minimum absolute atomic E-state index is 0.177. The number of ether oxygens (including phenoxy) is 3. The van der Waals surface area contributed by atoms with Crippen molar-refractivity contribution in [3.8, 4) is 0 Å². The lowest BCUT2D eigenvalue weighted by atomic mass is 10.0. The second kappa shape index (κ2) is 61.3. The first-order valence-electron chi connectivity index (χ1n) is 33.6. The number of esters is 3. The summed E-state index contributed by atoms with van der Waals surface area (Å²) in [5, 5.41) is 9.86. The van der Waals surface area contributed by atoms with E-state index >= 15 is 0 Å². The molecule has 0 amide bonds. The van der Waals surface area contributed by atoms with Gasteiger partial charge < -0.3 is 24.2 Å². The molecule has 0 aromatic carbocycles. The van der Waals surface area contributed by atoms with Crippen LogP contribution in [0.5, 0.6) is 0 Å². The molecule has 0 saturated carbocycles. The van der Waals surface area contributed by atoms with Crippen LogP contribution in [0.4, 0.5) is 0 Å². The van der Waals surface area contributed by atoms with E-state index in [0.717, 1.165) is 64.2 Å². The first-order valence-corrected chi connectivity index (χ1v) is 35.1. The monoisotopic (exact) mass is 1130 g/mol. The lowest BCUT2D eigenvalue weighted by molar-refractivity contribution is -0.161. The van der Waals surface area contributed by atoms with Crippen LogP contribution in [0.3, 0.4) is 0 Å². The van der Waals surface area contributed by atoms with Crippen molar-refractivity contribution in [3.63, 3.8) is 0 Å². The number of aliphatic hydroxyl groups is 1. The highest BCUT2D eigenvalue weighted by molar-refractivity contribution is 7.47. The van der Waals surface area contributed by atoms with Crippen molar-refractivity contribution in [3.05, 3.63) is 12.2 Å². The van der Waals surface area contributed by atoms with Gasteiger partial charge in [-0.3, -0.25) is 23.4 Å². The molecule has 0 fully saturated rings. The van der Waals surface area contributed by atoms with Crippen molar-refractivity contribution < 1.29 is 52.2 Å². The lowest BCUT2D eigenvalue weighted by Crippen LogP contribution is -2.30. The topological polar surface area (TPSA) is 155 Å². The number of phosphoric acid groups is 1. The summed E-state index contributed by atoms with van der Waals surface area (Å²) in [6.07, 6.45) is 63.0. The molecule has 0 rings (SSSR count). The Balaban J connectivity index is 4.62. The minimum Gasteiger partial charge on any atom is -0.462 e. The minimum atomic E-state index is -4.75. The third-order valence-corrected chi connectivity index (χ3v) is 16.1. The molecule has 78 heavy (non-hydrogen) atoms. The van der Waals surface area contributed by atoms with E-state index in [1.165, 1.54) is 231 Å². The van der Waals surface area contributed by atoms with Gasteiger partial charge in [0.2, 0.25) is 0 Å². The van der Waals surface area contributed by atoms with Gasteiger partial charge in [-0.05, 0) is 44.9 Å². The van der Waals surface area contributed by atoms with Gasteiger partial charge in [-0.25, -0.2) is 4.57 Å². The molecule has 0 spiro atoms. The van der Waals surface area contributed by atoms with Crippen LogP contribution in [0.15, 0.2) is 12.2 Å². The van der Waals surface area contributed by atoms with Crippen LogP contribution in [0.2, 0.25) is 0 Å². The first kappa shape index (κ1) is 76.2. The van der Waals surface area contributed by atoms with E-state index in [2.05, 4.69) is 32.9 Å². The highest BCUT2D eigenvalue weighted by Gasteiger charge is 2.28. The number of rotatable bonds is 64. The Labute approximate surface area is 481 Å². The summed E-state index contributed by atoms with van der Waals surface area (Å²) in [6.45, 7) is 4.74. The van der Waals surface area contributed by atoms with Crippen molar-refractivity contribution in [1.29, 1.82) is 0 Å². The summed E-state index contributed by atoms with van der Waals surface area (Å²) >= 11 is 0. The summed E-state index contributed by atoms with van der Waals surface area (Å²) in [4.78, 5) is 48.8. The first-order chi connectivity index (χ1) is 38.2. The van der Waals surface area contributed by atoms with Gasteiger partial charge in [0.05, 0.1) is 19.8 Å². The summed E-state index contributed by atoms with van der Waals surface area (Å²) in [7, 11) is -4.75. The van der Waals surface area contributed by atoms with Gasteiger partial charge in [-0.15, -0.1) is 0 Å². The number of carbonyl (C=O) groups is 3. The molecule has 0 aromatic heterocycles. The van der Waals surface area contributed by atoms with Crippen LogP contribution < -0.4 is 0 Å². The molecule has 0 saturated heterocycles. The Morgan fingerprint density at radius 2 is 0.590 bits per heavy atom. The fraction of sp³-hybridized carbons (Fsp3) is 0.924. The van der Waals surface area contributed by atoms with Gasteiger partial charge in [-0.1, -0.05) is 303 Å². The van der Waals surface area contributed by atoms with E-state index in [1.54, 1.807) is 0 Å². The Kier molecular flexibility index (Phi) is 59.9. The number of hydrogen-bond donors (Lipinski definition) is 2. The Bertz CT molecular complexity index is 1360. The van der Waals surface area contributed by atoms with Gasteiger partial charge in [0, 0.05) is 19.3 Å². The zero-order valence-corrected chi connectivity index (χ0v) is 52.3. The van der Waals surface area contributed by atoms with Crippen LogP contribution >= 0.6 is 7.82 Å². The van der Waals surface area contributed by atoms with E-state index in [-0.39, 0.29) is 25.9 Å². The third-order valence-electron chi connectivity index (χ3n) is 15.2. The van der Waals surface area contributed by atoms with Gasteiger partial charge in [-0.2, -0.15) is 0 Å². The number of aliphatic hydroxyl groups excluding tert-OH is 1. The fourth-order valence-corrected chi connectivity index (χ4v) is 10.8. The lowest BCUT2D eigenvalue weighted by Gasteiger charge is -2.21. The molecule has 2 N–H and O–H groups in total. The Morgan fingerprint density at radius 3 is 0.885 bits per heavy atom. The average Bonchev–Trinajstić information content (AvgIpc) is 3.43. The van der Waals surface area contributed by atoms with E-state index in [0.29, 0.717) is 19.3 Å². The second-order valence-corrected chi connectivity index (χ2v) is 24.5. The van der Waals surface area contributed by atoms with Gasteiger partial charge in [0.25, 0.3) is 0 Å². The molecule has 3 unspecified atom stereocenters. The highest BCUT2D eigenvalue weighted by Crippen LogP contribution is 2.43. The predicted octanol–water partition coefficient (Wildman–Crippen LogP) is 20.4. The molecule has 0 aliphatic carbocycles. The highest BCUT2D eigenvalue weighted by atomic mass is 31.2. The molecular formula is C66H127O11P. The molecule has 0 aromatic rings. The summed E-state index contributed by atoms with van der Waals surface area (Å²) in [5.74, 6) is -1.43. The van der Waals surface area contributed by atoms with Crippen molar-refractivity contribution >= 4 is 25.7 Å². The largest absolute Gasteiger partial charge is 0.472 e. The van der Waals surface area contributed by atoms with Crippen molar-refractivity contribution in [2.45, 2.75) is 367 Å². The smallest absolute Gasteiger partial charge is 0.462 e. The summed E-state index contributed by atoms with van der Waals surface area (Å²) in [5.41, 5.74) is 0. The molecule has 3 atom stereocenters. The van der Waals surface area contributed by atoms with E-state index in [9.17, 15) is 28.9 Å². The standard InChI is InChI=1S/C66H127O11P/c1-4-7-10-13-16-19-22-25-28-30-31-33-36-39-42-45-48-51-54-57-66(70)77-63(59-73-64(68)55-52-49-46-43-40-37-34-27-24-21-18-15-12-9-6-3)61-75-78(71,72)74-60-62(58-67)76-65(69)56-53-50-47-44-41-38-35-32-29-26-23-20-17-14-11-8-5-2/h26,29,62-63,67H,4-25,27-28,30-61H2,1-3H3,(H,71,72)/b29-26-. The van der Waals surface area contributed by atoms with E-state index < -0.39 is 57.8 Å². The second-order valence-electron chi connectivity index (χ2n) is 23.0. The molecule has 0 aliphatic heterocycles. The van der Waals surface area contributed by atoms with Gasteiger partial charge in [0.15, 0.2) is 6.10 Å². The Morgan fingerprint density at radius 1 is 0.346 bits per heavy atom. The Hall–Kier alpha value is -1.78. The van der Waals surface area contributed by atoms with Crippen molar-refractivity contribution in [1.82, 2.24) is 0 Å². The zero-order valence-electron chi connectivity index (χ0n) is 51.4. The molecule has 0 bridgehead atoms. The quantitative estimate of drug-likeness (QED) is 0.0197. The number of hydrogen-bond acceptors (Lipinski definition) is 10. The molecule has 462 valence electrons. The number of carbonyl (C=O) groups excluding carboxylic acids is 3. The van der Waals surface area contributed by atoms with E-state index in [4.69, 9.17) is 23.3 Å². The SMILES string of the molecule is CCCCCCCC/C=C\CCCCCCCCCC(=O)OC(CO)COP(=O)(O)OCC(COC(=O)CCCCCCCCCCCCCCCCC)OC(=O)CCCCCCCCCCCCCCCCCCCCC. The predicted molar refractivity (Wildman–Crippen MR) is 326 cm³/mol. The van der Waals surface area contributed by atoms with Crippen molar-refractivity contribution in [2.75, 3.05) is 26.4 Å². The van der Waals surface area contributed by atoms with Crippen LogP contribution in [-0.4, -0.2) is 66.5 Å². The summed E-state index contributed by atoms with van der Waals surface area (Å²) < 4.78 is 39.8. The molecule has 12 heteroatoms. The van der Waals surface area contributed by atoms with Crippen LogP contribution in [0.1, 0.15) is 355 Å². The maximum absolute atomic E-state index is 13.0. The maximum Gasteiger partial charge on any atom is 0.472 e. The van der Waals surface area contributed by atoms with Gasteiger partial charge >= 0.3 is 25.7 Å². The molecule has 0 aliphatic rings. The number of allylic oxidation sites excluding steroid dienone is 2. The van der Waals surface area contributed by atoms with Crippen LogP contribution in [0.25, 0.3) is 0 Å². The van der Waals surface area contributed by atoms with Crippen LogP contribution in [-0.2, 0) is 42.2 Å². The van der Waals surface area contributed by atoms with E-state index in [1.807, 2.05) is 0 Å². The average molecular weight is 1130 g/mol. The number of unbranched alkanes of at least 4 members (excludes halogenated alkanes) is 45.